The van der Waals surface area contributed by atoms with Gasteiger partial charge in [0.2, 0.25) is 11.8 Å². The number of hydrogen-bond acceptors (Lipinski definition) is 3. The first-order chi connectivity index (χ1) is 10.0. The molecule has 1 saturated carbocycles. The second-order valence-corrected chi connectivity index (χ2v) is 7.85. The molecule has 1 N–H and O–H groups in total. The van der Waals surface area contributed by atoms with Gasteiger partial charge in [0.1, 0.15) is 0 Å². The Kier molecular flexibility index (Phi) is 4.08. The molecule has 4 heteroatoms. The van der Waals surface area contributed by atoms with Gasteiger partial charge < -0.3 is 5.32 Å². The second kappa shape index (κ2) is 5.71. The van der Waals surface area contributed by atoms with Crippen LogP contribution < -0.4 is 5.32 Å². The number of nitrogens with one attached hydrogen (secondary N) is 1. The number of amides is 2. The Morgan fingerprint density at radius 1 is 0.952 bits per heavy atom. The van der Waals surface area contributed by atoms with Crippen molar-refractivity contribution in [2.24, 2.45) is 10.8 Å². The Hall–Kier alpha value is -0.900. The molecule has 2 aliphatic heterocycles. The SMILES string of the molecule is CC1(CN2C(=O)CC3(CCCCC3)CC2=O)CCNCC1. The molecular formula is C17H28N2O2. The molecule has 3 rings (SSSR count). The maximum absolute atomic E-state index is 12.6. The maximum atomic E-state index is 12.6. The number of piperidine rings is 2. The molecule has 1 aliphatic carbocycles. The van der Waals surface area contributed by atoms with Crippen LogP contribution in [-0.4, -0.2) is 36.3 Å². The number of carbonyl (C=O) groups is 2. The van der Waals surface area contributed by atoms with E-state index < -0.39 is 0 Å². The van der Waals surface area contributed by atoms with Crippen molar-refractivity contribution < 1.29 is 9.59 Å². The molecular weight excluding hydrogens is 264 g/mol. The monoisotopic (exact) mass is 292 g/mol. The summed E-state index contributed by atoms with van der Waals surface area (Å²) in [5.74, 6) is 0.181. The highest BCUT2D eigenvalue weighted by Crippen LogP contribution is 2.46. The van der Waals surface area contributed by atoms with Crippen LogP contribution in [0.4, 0.5) is 0 Å². The molecule has 2 heterocycles. The topological polar surface area (TPSA) is 49.4 Å². The molecule has 0 radical (unpaired) electrons. The lowest BCUT2D eigenvalue weighted by molar-refractivity contribution is -0.156. The van der Waals surface area contributed by atoms with Crippen LogP contribution in [0.5, 0.6) is 0 Å². The van der Waals surface area contributed by atoms with Gasteiger partial charge in [0.15, 0.2) is 0 Å². The highest BCUT2D eigenvalue weighted by Gasteiger charge is 2.45. The highest BCUT2D eigenvalue weighted by atomic mass is 16.2. The maximum Gasteiger partial charge on any atom is 0.229 e. The van der Waals surface area contributed by atoms with E-state index in [-0.39, 0.29) is 22.6 Å². The first-order valence-electron chi connectivity index (χ1n) is 8.56. The Labute approximate surface area is 127 Å². The molecule has 4 nitrogen and oxygen atoms in total. The van der Waals surface area contributed by atoms with E-state index in [1.165, 1.54) is 19.3 Å². The summed E-state index contributed by atoms with van der Waals surface area (Å²) in [5.41, 5.74) is 0.117. The quantitative estimate of drug-likeness (QED) is 0.795. The minimum atomic E-state index is 0.0118. The summed E-state index contributed by atoms with van der Waals surface area (Å²) in [6.45, 7) is 4.84. The number of likely N-dealkylation sites (tertiary alicyclic amines) is 1. The third-order valence-corrected chi connectivity index (χ3v) is 5.92. The summed E-state index contributed by atoms with van der Waals surface area (Å²) >= 11 is 0. The Balaban J connectivity index is 1.67. The lowest BCUT2D eigenvalue weighted by atomic mass is 9.67. The molecule has 21 heavy (non-hydrogen) atoms. The number of imide groups is 1. The second-order valence-electron chi connectivity index (χ2n) is 7.85. The van der Waals surface area contributed by atoms with Gasteiger partial charge in [-0.1, -0.05) is 26.2 Å². The number of hydrogen-bond donors (Lipinski definition) is 1. The van der Waals surface area contributed by atoms with E-state index in [1.54, 1.807) is 4.90 Å². The van der Waals surface area contributed by atoms with E-state index in [0.717, 1.165) is 38.8 Å². The normalized spacial score (nSPS) is 28.9. The molecule has 1 spiro atoms. The smallest absolute Gasteiger partial charge is 0.229 e. The van der Waals surface area contributed by atoms with Crippen LogP contribution >= 0.6 is 0 Å². The van der Waals surface area contributed by atoms with Crippen LogP contribution in [0.2, 0.25) is 0 Å². The van der Waals surface area contributed by atoms with E-state index in [9.17, 15) is 9.59 Å². The largest absolute Gasteiger partial charge is 0.317 e. The van der Waals surface area contributed by atoms with Gasteiger partial charge in [-0.05, 0) is 49.6 Å². The number of rotatable bonds is 2. The number of nitrogens with zero attached hydrogens (tertiary/aromatic N) is 1. The van der Waals surface area contributed by atoms with Crippen molar-refractivity contribution in [3.05, 3.63) is 0 Å². The van der Waals surface area contributed by atoms with Gasteiger partial charge in [0, 0.05) is 19.4 Å². The van der Waals surface area contributed by atoms with E-state index in [0.29, 0.717) is 19.4 Å². The molecule has 118 valence electrons. The fourth-order valence-electron chi connectivity index (χ4n) is 4.44. The molecule has 0 aromatic heterocycles. The Morgan fingerprint density at radius 2 is 1.52 bits per heavy atom. The zero-order valence-electron chi connectivity index (χ0n) is 13.2. The van der Waals surface area contributed by atoms with E-state index in [1.807, 2.05) is 0 Å². The average Bonchev–Trinajstić information content (AvgIpc) is 2.45. The fraction of sp³-hybridized carbons (Fsp3) is 0.882. The van der Waals surface area contributed by atoms with E-state index in [2.05, 4.69) is 12.2 Å². The lowest BCUT2D eigenvalue weighted by Gasteiger charge is -2.45. The van der Waals surface area contributed by atoms with Gasteiger partial charge in [0.25, 0.3) is 0 Å². The van der Waals surface area contributed by atoms with Crippen molar-refractivity contribution in [3.8, 4) is 0 Å². The summed E-state index contributed by atoms with van der Waals surface area (Å²) in [4.78, 5) is 26.8. The third kappa shape index (κ3) is 3.15. The van der Waals surface area contributed by atoms with Crippen molar-refractivity contribution in [1.82, 2.24) is 10.2 Å². The molecule has 2 saturated heterocycles. The molecule has 0 aromatic carbocycles. The Morgan fingerprint density at radius 3 is 2.10 bits per heavy atom. The van der Waals surface area contributed by atoms with E-state index >= 15 is 0 Å². The minimum Gasteiger partial charge on any atom is -0.317 e. The van der Waals surface area contributed by atoms with Crippen molar-refractivity contribution in [2.45, 2.75) is 64.7 Å². The zero-order valence-corrected chi connectivity index (χ0v) is 13.2. The lowest BCUT2D eigenvalue weighted by Crippen LogP contribution is -2.53. The fourth-order valence-corrected chi connectivity index (χ4v) is 4.44. The van der Waals surface area contributed by atoms with E-state index in [4.69, 9.17) is 0 Å². The van der Waals surface area contributed by atoms with Crippen molar-refractivity contribution >= 4 is 11.8 Å². The van der Waals surface area contributed by atoms with Crippen molar-refractivity contribution in [1.29, 1.82) is 0 Å². The third-order valence-electron chi connectivity index (χ3n) is 5.92. The molecule has 0 atom stereocenters. The standard InChI is InChI=1S/C17H28N2O2/c1-16(7-9-18-10-8-16)13-19-14(20)11-17(12-15(19)21)5-3-2-4-6-17/h18H,2-13H2,1H3. The average molecular weight is 292 g/mol. The van der Waals surface area contributed by atoms with Crippen LogP contribution in [0.3, 0.4) is 0 Å². The van der Waals surface area contributed by atoms with Gasteiger partial charge in [-0.2, -0.15) is 0 Å². The summed E-state index contributed by atoms with van der Waals surface area (Å²) in [7, 11) is 0. The highest BCUT2D eigenvalue weighted by molar-refractivity contribution is 5.98. The summed E-state index contributed by atoms with van der Waals surface area (Å²) in [5, 5.41) is 3.36. The molecule has 0 aromatic rings. The molecule has 0 unspecified atom stereocenters. The number of carbonyl (C=O) groups excluding carboxylic acids is 2. The summed E-state index contributed by atoms with van der Waals surface area (Å²) in [6, 6.07) is 0. The van der Waals surface area contributed by atoms with Gasteiger partial charge in [-0.3, -0.25) is 14.5 Å². The van der Waals surface area contributed by atoms with Gasteiger partial charge in [0.05, 0.1) is 0 Å². The van der Waals surface area contributed by atoms with Crippen molar-refractivity contribution in [2.75, 3.05) is 19.6 Å². The van der Waals surface area contributed by atoms with Gasteiger partial charge in [-0.25, -0.2) is 0 Å². The zero-order chi connectivity index (χ0) is 14.9. The van der Waals surface area contributed by atoms with Crippen LogP contribution in [0, 0.1) is 10.8 Å². The summed E-state index contributed by atoms with van der Waals surface area (Å²) < 4.78 is 0. The van der Waals surface area contributed by atoms with Crippen LogP contribution in [-0.2, 0) is 9.59 Å². The van der Waals surface area contributed by atoms with Crippen LogP contribution in [0.25, 0.3) is 0 Å². The van der Waals surface area contributed by atoms with Gasteiger partial charge >= 0.3 is 0 Å². The molecule has 3 aliphatic rings. The van der Waals surface area contributed by atoms with Crippen molar-refractivity contribution in [3.63, 3.8) is 0 Å². The Bertz CT molecular complexity index is 401. The van der Waals surface area contributed by atoms with Gasteiger partial charge in [-0.15, -0.1) is 0 Å². The predicted molar refractivity (Wildman–Crippen MR) is 81.7 cm³/mol. The first kappa shape index (κ1) is 15.0. The molecule has 0 bridgehead atoms. The first-order valence-corrected chi connectivity index (χ1v) is 8.56. The van der Waals surface area contributed by atoms with Crippen LogP contribution in [0.1, 0.15) is 64.7 Å². The predicted octanol–water partition coefficient (Wildman–Crippen LogP) is 2.48. The summed E-state index contributed by atoms with van der Waals surface area (Å²) in [6.07, 6.45) is 9.08. The molecule has 3 fully saturated rings. The minimum absolute atomic E-state index is 0.0118. The molecule has 2 amide bonds. The van der Waals surface area contributed by atoms with Crippen LogP contribution in [0.15, 0.2) is 0 Å².